The van der Waals surface area contributed by atoms with E-state index in [1.807, 2.05) is 59.5 Å². The second-order valence-electron chi connectivity index (χ2n) is 6.73. The number of nitrogens with zero attached hydrogens (tertiary/aromatic N) is 2. The lowest BCUT2D eigenvalue weighted by atomic mass is 10.1. The van der Waals surface area contributed by atoms with Crippen molar-refractivity contribution in [3.05, 3.63) is 71.3 Å². The van der Waals surface area contributed by atoms with E-state index in [1.165, 1.54) is 0 Å². The van der Waals surface area contributed by atoms with Crippen LogP contribution in [0.25, 0.3) is 0 Å². The van der Waals surface area contributed by atoms with E-state index >= 15 is 0 Å². The first-order chi connectivity index (χ1) is 13.2. The SMILES string of the molecule is NCc1ccc(C(=O)N2CCN(CC(=O)NCc3ccccc3)CC2)cc1. The van der Waals surface area contributed by atoms with E-state index in [2.05, 4.69) is 10.2 Å². The Hall–Kier alpha value is -2.70. The molecular formula is C21H26N4O2. The van der Waals surface area contributed by atoms with Crippen LogP contribution in [-0.2, 0) is 17.9 Å². The third-order valence-corrected chi connectivity index (χ3v) is 4.80. The molecule has 0 saturated carbocycles. The molecule has 6 heteroatoms. The molecule has 2 amide bonds. The molecule has 0 atom stereocenters. The van der Waals surface area contributed by atoms with E-state index < -0.39 is 0 Å². The second kappa shape index (κ2) is 9.30. The van der Waals surface area contributed by atoms with Gasteiger partial charge in [-0.1, -0.05) is 42.5 Å². The van der Waals surface area contributed by atoms with Crippen LogP contribution < -0.4 is 11.1 Å². The van der Waals surface area contributed by atoms with Crippen molar-refractivity contribution >= 4 is 11.8 Å². The summed E-state index contributed by atoms with van der Waals surface area (Å²) < 4.78 is 0. The number of hydrogen-bond acceptors (Lipinski definition) is 4. The summed E-state index contributed by atoms with van der Waals surface area (Å²) in [6.07, 6.45) is 0. The summed E-state index contributed by atoms with van der Waals surface area (Å²) in [7, 11) is 0. The molecule has 0 aliphatic carbocycles. The zero-order valence-corrected chi connectivity index (χ0v) is 15.4. The Labute approximate surface area is 159 Å². The number of nitrogens with two attached hydrogens (primary N) is 1. The Morgan fingerprint density at radius 2 is 1.56 bits per heavy atom. The van der Waals surface area contributed by atoms with Gasteiger partial charge in [-0.05, 0) is 23.3 Å². The summed E-state index contributed by atoms with van der Waals surface area (Å²) in [6, 6.07) is 17.3. The lowest BCUT2D eigenvalue weighted by Gasteiger charge is -2.34. The Bertz CT molecular complexity index is 754. The van der Waals surface area contributed by atoms with Gasteiger partial charge in [-0.15, -0.1) is 0 Å². The lowest BCUT2D eigenvalue weighted by molar-refractivity contribution is -0.122. The lowest BCUT2D eigenvalue weighted by Crippen LogP contribution is -2.51. The molecule has 0 bridgehead atoms. The van der Waals surface area contributed by atoms with E-state index in [9.17, 15) is 9.59 Å². The third-order valence-electron chi connectivity index (χ3n) is 4.80. The number of hydrogen-bond donors (Lipinski definition) is 2. The van der Waals surface area contributed by atoms with Crippen LogP contribution in [0.15, 0.2) is 54.6 Å². The topological polar surface area (TPSA) is 78.7 Å². The highest BCUT2D eigenvalue weighted by Gasteiger charge is 2.23. The van der Waals surface area contributed by atoms with Gasteiger partial charge in [0.1, 0.15) is 0 Å². The molecule has 3 rings (SSSR count). The van der Waals surface area contributed by atoms with Crippen molar-refractivity contribution in [2.24, 2.45) is 5.73 Å². The quantitative estimate of drug-likeness (QED) is 0.806. The molecule has 1 aliphatic heterocycles. The summed E-state index contributed by atoms with van der Waals surface area (Å²) in [5.74, 6) is 0.0442. The minimum atomic E-state index is 0.0102. The maximum atomic E-state index is 12.6. The zero-order chi connectivity index (χ0) is 19.1. The molecule has 27 heavy (non-hydrogen) atoms. The van der Waals surface area contributed by atoms with Crippen LogP contribution in [0.5, 0.6) is 0 Å². The fourth-order valence-electron chi connectivity index (χ4n) is 3.13. The van der Waals surface area contributed by atoms with Crippen LogP contribution in [0, 0.1) is 0 Å². The van der Waals surface area contributed by atoms with Gasteiger partial charge in [0.15, 0.2) is 0 Å². The summed E-state index contributed by atoms with van der Waals surface area (Å²) in [5.41, 5.74) is 8.37. The van der Waals surface area contributed by atoms with Crippen LogP contribution in [-0.4, -0.2) is 54.3 Å². The first kappa shape index (κ1) is 19.1. The molecule has 1 aliphatic rings. The Balaban J connectivity index is 1.42. The van der Waals surface area contributed by atoms with Crippen molar-refractivity contribution in [2.75, 3.05) is 32.7 Å². The van der Waals surface area contributed by atoms with Crippen molar-refractivity contribution in [3.8, 4) is 0 Å². The molecule has 142 valence electrons. The van der Waals surface area contributed by atoms with E-state index in [4.69, 9.17) is 5.73 Å². The van der Waals surface area contributed by atoms with E-state index in [0.717, 1.165) is 11.1 Å². The minimum absolute atomic E-state index is 0.0102. The average Bonchev–Trinajstić information content (AvgIpc) is 2.73. The number of carbonyl (C=O) groups excluding carboxylic acids is 2. The van der Waals surface area contributed by atoms with Crippen LogP contribution >= 0.6 is 0 Å². The van der Waals surface area contributed by atoms with Gasteiger partial charge in [-0.25, -0.2) is 0 Å². The first-order valence-corrected chi connectivity index (χ1v) is 9.27. The van der Waals surface area contributed by atoms with Gasteiger partial charge >= 0.3 is 0 Å². The maximum absolute atomic E-state index is 12.6. The van der Waals surface area contributed by atoms with Crippen LogP contribution in [0.2, 0.25) is 0 Å². The molecule has 1 heterocycles. The van der Waals surface area contributed by atoms with Gasteiger partial charge in [0, 0.05) is 44.8 Å². The monoisotopic (exact) mass is 366 g/mol. The number of carbonyl (C=O) groups is 2. The van der Waals surface area contributed by atoms with Crippen LogP contribution in [0.4, 0.5) is 0 Å². The highest BCUT2D eigenvalue weighted by Crippen LogP contribution is 2.10. The highest BCUT2D eigenvalue weighted by atomic mass is 16.2. The molecule has 0 radical (unpaired) electrons. The van der Waals surface area contributed by atoms with Gasteiger partial charge in [0.05, 0.1) is 6.54 Å². The third kappa shape index (κ3) is 5.39. The normalized spacial score (nSPS) is 14.8. The number of piperazine rings is 1. The van der Waals surface area contributed by atoms with Crippen molar-refractivity contribution in [1.29, 1.82) is 0 Å². The Morgan fingerprint density at radius 3 is 2.19 bits per heavy atom. The van der Waals surface area contributed by atoms with Gasteiger partial charge in [-0.2, -0.15) is 0 Å². The predicted octanol–water partition coefficient (Wildman–Crippen LogP) is 1.22. The highest BCUT2D eigenvalue weighted by molar-refractivity contribution is 5.94. The van der Waals surface area contributed by atoms with E-state index in [1.54, 1.807) is 0 Å². The average molecular weight is 366 g/mol. The molecule has 6 nitrogen and oxygen atoms in total. The summed E-state index contributed by atoms with van der Waals surface area (Å²) in [6.45, 7) is 4.03. The smallest absolute Gasteiger partial charge is 0.253 e. The summed E-state index contributed by atoms with van der Waals surface area (Å²) >= 11 is 0. The fourth-order valence-corrected chi connectivity index (χ4v) is 3.13. The molecule has 0 aromatic heterocycles. The summed E-state index contributed by atoms with van der Waals surface area (Å²) in [5, 5.41) is 2.95. The molecule has 1 saturated heterocycles. The van der Waals surface area contributed by atoms with Gasteiger partial charge < -0.3 is 16.0 Å². The van der Waals surface area contributed by atoms with Crippen molar-refractivity contribution in [3.63, 3.8) is 0 Å². The van der Waals surface area contributed by atoms with Crippen molar-refractivity contribution in [1.82, 2.24) is 15.1 Å². The van der Waals surface area contributed by atoms with Gasteiger partial charge in [0.25, 0.3) is 5.91 Å². The molecule has 0 spiro atoms. The number of amides is 2. The molecule has 3 N–H and O–H groups in total. The van der Waals surface area contributed by atoms with Gasteiger partial charge in [0.2, 0.25) is 5.91 Å². The largest absolute Gasteiger partial charge is 0.351 e. The van der Waals surface area contributed by atoms with Crippen molar-refractivity contribution in [2.45, 2.75) is 13.1 Å². The van der Waals surface area contributed by atoms with Crippen LogP contribution in [0.3, 0.4) is 0 Å². The second-order valence-corrected chi connectivity index (χ2v) is 6.73. The fraction of sp³-hybridized carbons (Fsp3) is 0.333. The Kier molecular flexibility index (Phi) is 6.57. The number of benzene rings is 2. The molecule has 0 unspecified atom stereocenters. The molecular weight excluding hydrogens is 340 g/mol. The molecule has 2 aromatic carbocycles. The summed E-state index contributed by atoms with van der Waals surface area (Å²) in [4.78, 5) is 28.7. The van der Waals surface area contributed by atoms with Gasteiger partial charge in [-0.3, -0.25) is 14.5 Å². The number of rotatable bonds is 6. The standard InChI is InChI=1S/C21H26N4O2/c22-14-17-6-8-19(9-7-17)21(27)25-12-10-24(11-13-25)16-20(26)23-15-18-4-2-1-3-5-18/h1-9H,10-16,22H2,(H,23,26). The predicted molar refractivity (Wildman–Crippen MR) is 105 cm³/mol. The van der Waals surface area contributed by atoms with E-state index in [-0.39, 0.29) is 11.8 Å². The minimum Gasteiger partial charge on any atom is -0.351 e. The Morgan fingerprint density at radius 1 is 0.889 bits per heavy atom. The van der Waals surface area contributed by atoms with Crippen LogP contribution in [0.1, 0.15) is 21.5 Å². The maximum Gasteiger partial charge on any atom is 0.253 e. The van der Waals surface area contributed by atoms with Crippen molar-refractivity contribution < 1.29 is 9.59 Å². The zero-order valence-electron chi connectivity index (χ0n) is 15.4. The molecule has 1 fully saturated rings. The molecule has 2 aromatic rings. The first-order valence-electron chi connectivity index (χ1n) is 9.27. The van der Waals surface area contributed by atoms with E-state index in [0.29, 0.717) is 51.4 Å². The number of nitrogens with one attached hydrogen (secondary N) is 1.